The molecule has 4 nitrogen and oxygen atoms in total. The van der Waals surface area contributed by atoms with E-state index in [1.54, 1.807) is 22.7 Å². The number of allylic oxidation sites excluding steroid dienone is 1. The molecule has 0 radical (unpaired) electrons. The summed E-state index contributed by atoms with van der Waals surface area (Å²) in [6.07, 6.45) is 4.23. The van der Waals surface area contributed by atoms with Crippen LogP contribution in [-0.4, -0.2) is 19.9 Å². The van der Waals surface area contributed by atoms with Crippen molar-refractivity contribution in [1.82, 2.24) is 19.9 Å². The molecule has 0 aliphatic rings. The summed E-state index contributed by atoms with van der Waals surface area (Å²) in [6.45, 7) is 6.63. The largest absolute Gasteiger partial charge is 0.236 e. The van der Waals surface area contributed by atoms with Crippen molar-refractivity contribution in [2.24, 2.45) is 0 Å². The zero-order valence-corrected chi connectivity index (χ0v) is 23.9. The summed E-state index contributed by atoms with van der Waals surface area (Å²) in [5.41, 5.74) is 5.79. The van der Waals surface area contributed by atoms with Gasteiger partial charge in [-0.25, -0.2) is 19.9 Å². The Hall–Kier alpha value is -4.78. The van der Waals surface area contributed by atoms with Gasteiger partial charge in [0.05, 0.1) is 10.2 Å². The van der Waals surface area contributed by atoms with Crippen LogP contribution >= 0.6 is 22.7 Å². The molecule has 0 aliphatic carbocycles. The molecule has 196 valence electrons. The van der Waals surface area contributed by atoms with E-state index in [2.05, 4.69) is 43.0 Å². The lowest BCUT2D eigenvalue weighted by molar-refractivity contribution is 1.08. The predicted octanol–water partition coefficient (Wildman–Crippen LogP) is 9.79. The van der Waals surface area contributed by atoms with E-state index in [1.807, 2.05) is 85.8 Å². The van der Waals surface area contributed by atoms with Crippen LogP contribution in [0.2, 0.25) is 0 Å². The summed E-state index contributed by atoms with van der Waals surface area (Å²) in [5.74, 6) is 1.91. The number of hydrogen-bond acceptors (Lipinski definition) is 6. The maximum atomic E-state index is 5.03. The molecule has 0 N–H and O–H groups in total. The average molecular weight is 565 g/mol. The minimum atomic E-state index is 0.631. The fraction of sp³-hybridized carbons (Fsp3) is 0.0286. The number of rotatable bonds is 6. The Balaban J connectivity index is 1.49. The van der Waals surface area contributed by atoms with Gasteiger partial charge in [0, 0.05) is 42.8 Å². The Kier molecular flexibility index (Phi) is 6.55. The number of hydrogen-bond donors (Lipinski definition) is 0. The van der Waals surface area contributed by atoms with Crippen LogP contribution in [0.1, 0.15) is 22.4 Å². The third-order valence-electron chi connectivity index (χ3n) is 6.85. The van der Waals surface area contributed by atoms with Crippen molar-refractivity contribution in [1.29, 1.82) is 0 Å². The number of aromatic nitrogens is 4. The molecule has 41 heavy (non-hydrogen) atoms. The van der Waals surface area contributed by atoms with E-state index in [0.717, 1.165) is 58.0 Å². The highest BCUT2D eigenvalue weighted by Crippen LogP contribution is 2.44. The molecular weight excluding hydrogens is 541 g/mol. The molecule has 3 aromatic heterocycles. The van der Waals surface area contributed by atoms with E-state index in [1.165, 1.54) is 0 Å². The van der Waals surface area contributed by atoms with E-state index in [-0.39, 0.29) is 0 Å². The van der Waals surface area contributed by atoms with Gasteiger partial charge in [0.2, 0.25) is 0 Å². The number of thiazole rings is 1. The zero-order chi connectivity index (χ0) is 27.8. The average Bonchev–Trinajstić information content (AvgIpc) is 3.63. The SMILES string of the molecule is C=C(c1nc2ccccc2s1)c1c(/C=C\C)sc2cccc(-c3nc(-c4ccccc4)nc(-c4ccccc4)n3)c12. The lowest BCUT2D eigenvalue weighted by atomic mass is 9.98. The third kappa shape index (κ3) is 4.67. The van der Waals surface area contributed by atoms with Crippen molar-refractivity contribution in [2.75, 3.05) is 0 Å². The van der Waals surface area contributed by atoms with E-state index in [4.69, 9.17) is 19.9 Å². The van der Waals surface area contributed by atoms with Gasteiger partial charge < -0.3 is 0 Å². The van der Waals surface area contributed by atoms with Crippen molar-refractivity contribution in [2.45, 2.75) is 6.92 Å². The predicted molar refractivity (Wildman–Crippen MR) is 174 cm³/mol. The van der Waals surface area contributed by atoms with Crippen LogP contribution in [0, 0.1) is 0 Å². The first-order chi connectivity index (χ1) is 20.2. The normalized spacial score (nSPS) is 11.5. The van der Waals surface area contributed by atoms with Gasteiger partial charge in [-0.1, -0.05) is 97.6 Å². The molecule has 3 heterocycles. The summed E-state index contributed by atoms with van der Waals surface area (Å²) in [4.78, 5) is 21.0. The number of benzene rings is 4. The van der Waals surface area contributed by atoms with Crippen molar-refractivity contribution in [3.63, 3.8) is 0 Å². The first-order valence-electron chi connectivity index (χ1n) is 13.3. The van der Waals surface area contributed by atoms with Crippen molar-refractivity contribution in [3.05, 3.63) is 131 Å². The van der Waals surface area contributed by atoms with Crippen LogP contribution in [-0.2, 0) is 0 Å². The number of nitrogens with zero attached hydrogens (tertiary/aromatic N) is 4. The van der Waals surface area contributed by atoms with E-state index in [9.17, 15) is 0 Å². The minimum Gasteiger partial charge on any atom is -0.236 e. The van der Waals surface area contributed by atoms with Gasteiger partial charge >= 0.3 is 0 Å². The molecule has 0 saturated heterocycles. The minimum absolute atomic E-state index is 0.631. The Labute approximate surface area is 246 Å². The van der Waals surface area contributed by atoms with E-state index < -0.39 is 0 Å². The van der Waals surface area contributed by atoms with Crippen LogP contribution < -0.4 is 0 Å². The van der Waals surface area contributed by atoms with Gasteiger partial charge in [0.1, 0.15) is 5.01 Å². The van der Waals surface area contributed by atoms with Gasteiger partial charge in [0.15, 0.2) is 17.5 Å². The van der Waals surface area contributed by atoms with Gasteiger partial charge in [-0.3, -0.25) is 0 Å². The fourth-order valence-electron chi connectivity index (χ4n) is 4.96. The highest BCUT2D eigenvalue weighted by molar-refractivity contribution is 7.21. The summed E-state index contributed by atoms with van der Waals surface area (Å²) in [5, 5.41) is 2.00. The number of thiophene rings is 1. The molecule has 0 fully saturated rings. The molecule has 0 amide bonds. The fourth-order valence-corrected chi connectivity index (χ4v) is 7.13. The maximum absolute atomic E-state index is 5.03. The lowest BCUT2D eigenvalue weighted by Gasteiger charge is -2.11. The number of para-hydroxylation sites is 1. The van der Waals surface area contributed by atoms with Crippen molar-refractivity contribution >= 4 is 54.6 Å². The van der Waals surface area contributed by atoms with E-state index in [0.29, 0.717) is 17.5 Å². The molecule has 6 heteroatoms. The monoisotopic (exact) mass is 564 g/mol. The molecule has 0 aliphatic heterocycles. The second kappa shape index (κ2) is 10.7. The Morgan fingerprint density at radius 3 is 1.90 bits per heavy atom. The third-order valence-corrected chi connectivity index (χ3v) is 9.07. The Morgan fingerprint density at radius 2 is 1.24 bits per heavy atom. The van der Waals surface area contributed by atoms with Crippen LogP contribution in [0.4, 0.5) is 0 Å². The van der Waals surface area contributed by atoms with Crippen molar-refractivity contribution in [3.8, 4) is 34.2 Å². The first kappa shape index (κ1) is 25.2. The van der Waals surface area contributed by atoms with Crippen LogP contribution in [0.3, 0.4) is 0 Å². The molecule has 0 atom stereocenters. The summed E-state index contributed by atoms with van der Waals surface area (Å²) < 4.78 is 2.30. The maximum Gasteiger partial charge on any atom is 0.164 e. The summed E-state index contributed by atoms with van der Waals surface area (Å²) in [7, 11) is 0. The first-order valence-corrected chi connectivity index (χ1v) is 14.9. The molecule has 0 saturated carbocycles. The van der Waals surface area contributed by atoms with Gasteiger partial charge in [-0.15, -0.1) is 22.7 Å². The second-order valence-electron chi connectivity index (χ2n) is 9.52. The Bertz CT molecular complexity index is 1980. The van der Waals surface area contributed by atoms with Gasteiger partial charge in [0.25, 0.3) is 0 Å². The van der Waals surface area contributed by atoms with E-state index >= 15 is 0 Å². The highest BCUT2D eigenvalue weighted by atomic mass is 32.1. The van der Waals surface area contributed by atoms with Crippen LogP contribution in [0.15, 0.2) is 116 Å². The van der Waals surface area contributed by atoms with Gasteiger partial charge in [-0.05, 0) is 31.2 Å². The van der Waals surface area contributed by atoms with Crippen LogP contribution in [0.5, 0.6) is 0 Å². The molecular formula is C35H24N4S2. The summed E-state index contributed by atoms with van der Waals surface area (Å²) in [6, 6.07) is 34.7. The van der Waals surface area contributed by atoms with Gasteiger partial charge in [-0.2, -0.15) is 0 Å². The lowest BCUT2D eigenvalue weighted by Crippen LogP contribution is -2.00. The topological polar surface area (TPSA) is 51.6 Å². The quantitative estimate of drug-likeness (QED) is 0.202. The second-order valence-corrected chi connectivity index (χ2v) is 11.6. The summed E-state index contributed by atoms with van der Waals surface area (Å²) >= 11 is 3.42. The Morgan fingerprint density at radius 1 is 0.634 bits per heavy atom. The van der Waals surface area contributed by atoms with Crippen molar-refractivity contribution < 1.29 is 0 Å². The molecule has 0 spiro atoms. The smallest absolute Gasteiger partial charge is 0.164 e. The molecule has 0 bridgehead atoms. The highest BCUT2D eigenvalue weighted by Gasteiger charge is 2.22. The molecule has 7 aromatic rings. The standard InChI is InChI=1S/C35H24N4S2/c1-3-13-28-30(22(2)35-36-26-19-10-11-20-27(26)41-35)31-25(18-12-21-29(31)40-28)34-38-32(23-14-6-4-7-15-23)37-33(39-34)24-16-8-5-9-17-24/h3-21H,2H2,1H3/b13-3-. The molecule has 0 unspecified atom stereocenters. The van der Waals surface area contributed by atoms with Crippen LogP contribution in [0.25, 0.3) is 66.1 Å². The molecule has 4 aromatic carbocycles. The number of fused-ring (bicyclic) bond motifs is 2. The zero-order valence-electron chi connectivity index (χ0n) is 22.3. The molecule has 7 rings (SSSR count).